The van der Waals surface area contributed by atoms with Crippen LogP contribution < -0.4 is 5.46 Å². The maximum Gasteiger partial charge on any atom is 0.165 e. The lowest BCUT2D eigenvalue weighted by Crippen LogP contribution is -2.11. The second kappa shape index (κ2) is 5.45. The molecule has 0 aliphatic heterocycles. The fourth-order valence-corrected chi connectivity index (χ4v) is 2.05. The van der Waals surface area contributed by atoms with Crippen LogP contribution in [0.2, 0.25) is 11.8 Å². The number of halogens is 2. The monoisotopic (exact) mass is 262 g/mol. The Kier molecular flexibility index (Phi) is 3.92. The predicted octanol–water partition coefficient (Wildman–Crippen LogP) is 2.89. The zero-order chi connectivity index (χ0) is 13.1. The third-order valence-electron chi connectivity index (χ3n) is 2.93. The SMILES string of the molecule is CBc1ccc(Cl)c(Cc2ccc(O)c(F)c2)c1. The Bertz CT molecular complexity index is 572. The first-order valence-corrected chi connectivity index (χ1v) is 6.22. The van der Waals surface area contributed by atoms with Gasteiger partial charge in [0.05, 0.1) is 0 Å². The highest BCUT2D eigenvalue weighted by atomic mass is 35.5. The van der Waals surface area contributed by atoms with Gasteiger partial charge < -0.3 is 5.11 Å². The van der Waals surface area contributed by atoms with E-state index in [0.29, 0.717) is 11.4 Å². The molecule has 0 spiro atoms. The van der Waals surface area contributed by atoms with E-state index < -0.39 is 5.82 Å². The normalized spacial score (nSPS) is 10.4. The minimum atomic E-state index is -0.602. The van der Waals surface area contributed by atoms with Gasteiger partial charge in [0, 0.05) is 5.02 Å². The van der Waals surface area contributed by atoms with Crippen LogP contribution >= 0.6 is 11.6 Å². The van der Waals surface area contributed by atoms with Gasteiger partial charge in [0.25, 0.3) is 0 Å². The van der Waals surface area contributed by atoms with Crippen molar-refractivity contribution in [2.24, 2.45) is 0 Å². The molecular weight excluding hydrogens is 249 g/mol. The Morgan fingerprint density at radius 1 is 1.22 bits per heavy atom. The molecule has 1 nitrogen and oxygen atoms in total. The van der Waals surface area contributed by atoms with Gasteiger partial charge in [-0.15, -0.1) is 0 Å². The smallest absolute Gasteiger partial charge is 0.165 e. The van der Waals surface area contributed by atoms with Crippen molar-refractivity contribution in [3.63, 3.8) is 0 Å². The molecule has 0 heterocycles. The summed E-state index contributed by atoms with van der Waals surface area (Å²) >= 11 is 6.13. The van der Waals surface area contributed by atoms with Crippen LogP contribution in [0.4, 0.5) is 4.39 Å². The molecular formula is C14H13BClFO. The minimum Gasteiger partial charge on any atom is -0.505 e. The molecule has 92 valence electrons. The summed E-state index contributed by atoms with van der Waals surface area (Å²) in [7, 11) is 0.939. The zero-order valence-corrected chi connectivity index (χ0v) is 10.8. The van der Waals surface area contributed by atoms with E-state index >= 15 is 0 Å². The van der Waals surface area contributed by atoms with Crippen molar-refractivity contribution in [3.05, 3.63) is 58.4 Å². The lowest BCUT2D eigenvalue weighted by atomic mass is 9.73. The Morgan fingerprint density at radius 3 is 2.67 bits per heavy atom. The summed E-state index contributed by atoms with van der Waals surface area (Å²) in [5.74, 6) is -0.928. The molecule has 0 bridgehead atoms. The van der Waals surface area contributed by atoms with E-state index in [9.17, 15) is 4.39 Å². The van der Waals surface area contributed by atoms with E-state index in [1.165, 1.54) is 17.6 Å². The Balaban J connectivity index is 2.30. The van der Waals surface area contributed by atoms with Gasteiger partial charge in [-0.1, -0.05) is 42.1 Å². The van der Waals surface area contributed by atoms with Crippen LogP contribution in [0.15, 0.2) is 36.4 Å². The van der Waals surface area contributed by atoms with Crippen molar-refractivity contribution in [1.29, 1.82) is 0 Å². The number of benzene rings is 2. The number of hydrogen-bond donors (Lipinski definition) is 1. The van der Waals surface area contributed by atoms with Crippen LogP contribution in [-0.4, -0.2) is 12.4 Å². The van der Waals surface area contributed by atoms with Crippen molar-refractivity contribution < 1.29 is 9.50 Å². The van der Waals surface area contributed by atoms with Crippen LogP contribution in [0.25, 0.3) is 0 Å². The molecule has 0 amide bonds. The first-order chi connectivity index (χ1) is 8.60. The molecule has 0 unspecified atom stereocenters. The molecule has 0 atom stereocenters. The molecule has 0 aliphatic rings. The highest BCUT2D eigenvalue weighted by molar-refractivity contribution is 6.52. The zero-order valence-electron chi connectivity index (χ0n) is 10.1. The van der Waals surface area contributed by atoms with Gasteiger partial charge in [-0.2, -0.15) is 0 Å². The molecule has 2 aromatic carbocycles. The summed E-state index contributed by atoms with van der Waals surface area (Å²) in [6.07, 6.45) is 0.559. The van der Waals surface area contributed by atoms with E-state index in [0.717, 1.165) is 18.4 Å². The summed E-state index contributed by atoms with van der Waals surface area (Å²) in [5.41, 5.74) is 2.97. The van der Waals surface area contributed by atoms with Crippen LogP contribution in [0.1, 0.15) is 11.1 Å². The van der Waals surface area contributed by atoms with Gasteiger partial charge in [0.15, 0.2) is 18.8 Å². The van der Waals surface area contributed by atoms with Crippen molar-refractivity contribution in [1.82, 2.24) is 0 Å². The Hall–Kier alpha value is -1.48. The van der Waals surface area contributed by atoms with Gasteiger partial charge in [-0.25, -0.2) is 4.39 Å². The van der Waals surface area contributed by atoms with Crippen LogP contribution in [0.5, 0.6) is 5.75 Å². The maximum atomic E-state index is 13.2. The summed E-state index contributed by atoms with van der Waals surface area (Å²) < 4.78 is 13.2. The fourth-order valence-electron chi connectivity index (χ4n) is 1.86. The average molecular weight is 263 g/mol. The van der Waals surface area contributed by atoms with Crippen LogP contribution in [0.3, 0.4) is 0 Å². The number of aromatic hydroxyl groups is 1. The van der Waals surface area contributed by atoms with Gasteiger partial charge >= 0.3 is 0 Å². The van der Waals surface area contributed by atoms with E-state index in [1.54, 1.807) is 6.07 Å². The van der Waals surface area contributed by atoms with Crippen LogP contribution in [-0.2, 0) is 6.42 Å². The molecule has 0 aliphatic carbocycles. The third-order valence-corrected chi connectivity index (χ3v) is 3.29. The summed E-state index contributed by atoms with van der Waals surface area (Å²) in [5, 5.41) is 9.83. The highest BCUT2D eigenvalue weighted by Gasteiger charge is 2.06. The molecule has 0 fully saturated rings. The quantitative estimate of drug-likeness (QED) is 0.843. The first-order valence-electron chi connectivity index (χ1n) is 5.85. The summed E-state index contributed by atoms with van der Waals surface area (Å²) in [6, 6.07) is 10.3. The van der Waals surface area contributed by atoms with E-state index in [2.05, 4.69) is 6.82 Å². The topological polar surface area (TPSA) is 20.2 Å². The molecule has 2 aromatic rings. The third kappa shape index (κ3) is 2.85. The molecule has 4 heteroatoms. The van der Waals surface area contributed by atoms with E-state index in [4.69, 9.17) is 16.7 Å². The second-order valence-electron chi connectivity index (χ2n) is 4.24. The first kappa shape index (κ1) is 13.0. The van der Waals surface area contributed by atoms with Gasteiger partial charge in [0.2, 0.25) is 0 Å². The molecule has 0 saturated carbocycles. The largest absolute Gasteiger partial charge is 0.505 e. The fraction of sp³-hybridized carbons (Fsp3) is 0.143. The highest BCUT2D eigenvalue weighted by Crippen LogP contribution is 2.21. The number of rotatable bonds is 3. The van der Waals surface area contributed by atoms with Crippen molar-refractivity contribution in [2.45, 2.75) is 13.2 Å². The molecule has 18 heavy (non-hydrogen) atoms. The van der Waals surface area contributed by atoms with E-state index in [1.807, 2.05) is 18.2 Å². The molecule has 0 saturated heterocycles. The lowest BCUT2D eigenvalue weighted by molar-refractivity contribution is 0.432. The van der Waals surface area contributed by atoms with Gasteiger partial charge in [0.1, 0.15) is 0 Å². The van der Waals surface area contributed by atoms with E-state index in [-0.39, 0.29) is 5.75 Å². The Morgan fingerprint density at radius 2 is 2.00 bits per heavy atom. The standard InChI is InChI=1S/C14H13BClFO/c1-15-11-3-4-12(16)10(8-11)6-9-2-5-14(18)13(17)7-9/h2-5,7-8,15,18H,6H2,1H3. The van der Waals surface area contributed by atoms with Crippen molar-refractivity contribution >= 4 is 24.3 Å². The van der Waals surface area contributed by atoms with Gasteiger partial charge in [-0.3, -0.25) is 0 Å². The number of phenols is 1. The Labute approximate surface area is 111 Å². The van der Waals surface area contributed by atoms with Crippen molar-refractivity contribution in [3.8, 4) is 5.75 Å². The molecule has 0 radical (unpaired) electrons. The number of hydrogen-bond acceptors (Lipinski definition) is 1. The van der Waals surface area contributed by atoms with Gasteiger partial charge in [-0.05, 0) is 35.7 Å². The molecule has 0 aromatic heterocycles. The molecule has 2 rings (SSSR count). The average Bonchev–Trinajstić information content (AvgIpc) is 2.36. The number of phenolic OH excluding ortho intramolecular Hbond substituents is 1. The summed E-state index contributed by atoms with van der Waals surface area (Å²) in [6.45, 7) is 2.08. The summed E-state index contributed by atoms with van der Waals surface area (Å²) in [4.78, 5) is 0. The predicted molar refractivity (Wildman–Crippen MR) is 75.0 cm³/mol. The lowest BCUT2D eigenvalue weighted by Gasteiger charge is -2.07. The van der Waals surface area contributed by atoms with Crippen LogP contribution in [0, 0.1) is 5.82 Å². The second-order valence-corrected chi connectivity index (χ2v) is 4.65. The van der Waals surface area contributed by atoms with Crippen molar-refractivity contribution in [2.75, 3.05) is 0 Å². The maximum absolute atomic E-state index is 13.2. The molecule has 1 N–H and O–H groups in total. The minimum absolute atomic E-state index is 0.327.